The highest BCUT2D eigenvalue weighted by molar-refractivity contribution is 7.85. The average molecular weight is 330 g/mol. The number of hydrogen-bond acceptors (Lipinski definition) is 5. The summed E-state index contributed by atoms with van der Waals surface area (Å²) >= 11 is 11.5. The van der Waals surface area contributed by atoms with Gasteiger partial charge in [-0.15, -0.1) is 0 Å². The fourth-order valence-electron chi connectivity index (χ4n) is 1.22. The SMILES string of the molecule is [2H]C([2H])(CS(=O)(=O)O)C(C)(C)N(C)c1cc(Cl)nc(Cl)n1. The van der Waals surface area contributed by atoms with Crippen LogP contribution >= 0.6 is 23.2 Å². The second kappa shape index (κ2) is 5.78. The summed E-state index contributed by atoms with van der Waals surface area (Å²) in [6.45, 7) is 2.95. The molecule has 1 heterocycles. The van der Waals surface area contributed by atoms with Gasteiger partial charge in [0.1, 0.15) is 11.0 Å². The number of halogens is 2. The highest BCUT2D eigenvalue weighted by atomic mass is 35.5. The van der Waals surface area contributed by atoms with Gasteiger partial charge in [-0.1, -0.05) is 11.6 Å². The quantitative estimate of drug-likeness (QED) is 0.507. The van der Waals surface area contributed by atoms with Gasteiger partial charge in [0, 0.05) is 21.4 Å². The minimum atomic E-state index is -4.48. The molecule has 0 aromatic carbocycles. The summed E-state index contributed by atoms with van der Waals surface area (Å²) in [6.07, 6.45) is -2.26. The van der Waals surface area contributed by atoms with Crippen molar-refractivity contribution in [3.8, 4) is 0 Å². The smallest absolute Gasteiger partial charge is 0.264 e. The van der Waals surface area contributed by atoms with Crippen LogP contribution in [0.2, 0.25) is 10.4 Å². The van der Waals surface area contributed by atoms with E-state index in [2.05, 4.69) is 9.97 Å². The van der Waals surface area contributed by atoms with Crippen LogP contribution in [0.4, 0.5) is 5.82 Å². The third kappa shape index (κ3) is 5.10. The van der Waals surface area contributed by atoms with Gasteiger partial charge in [-0.05, 0) is 31.8 Å². The number of rotatable bonds is 5. The maximum Gasteiger partial charge on any atom is 0.264 e. The van der Waals surface area contributed by atoms with Crippen LogP contribution in [0, 0.1) is 0 Å². The van der Waals surface area contributed by atoms with Crippen LogP contribution in [-0.2, 0) is 10.1 Å². The number of aromatic nitrogens is 2. The fourth-order valence-corrected chi connectivity index (χ4v) is 2.16. The van der Waals surface area contributed by atoms with Gasteiger partial charge >= 0.3 is 0 Å². The predicted molar refractivity (Wildman–Crippen MR) is 75.6 cm³/mol. The van der Waals surface area contributed by atoms with Crippen LogP contribution in [0.15, 0.2) is 6.07 Å². The predicted octanol–water partition coefficient (Wildman–Crippen LogP) is 2.28. The topological polar surface area (TPSA) is 83.4 Å². The summed E-state index contributed by atoms with van der Waals surface area (Å²) in [4.78, 5) is 9.00. The Morgan fingerprint density at radius 3 is 2.53 bits per heavy atom. The van der Waals surface area contributed by atoms with Crippen molar-refractivity contribution < 1.29 is 15.7 Å². The highest BCUT2D eigenvalue weighted by Gasteiger charge is 2.27. The van der Waals surface area contributed by atoms with E-state index in [0.717, 1.165) is 0 Å². The molecule has 0 aliphatic rings. The Balaban J connectivity index is 3.21. The zero-order valence-corrected chi connectivity index (χ0v) is 12.9. The van der Waals surface area contributed by atoms with Crippen LogP contribution in [0.1, 0.15) is 23.0 Å². The van der Waals surface area contributed by atoms with E-state index in [1.165, 1.54) is 31.9 Å². The molecule has 6 nitrogen and oxygen atoms in total. The lowest BCUT2D eigenvalue weighted by atomic mass is 10.00. The molecule has 0 radical (unpaired) electrons. The van der Waals surface area contributed by atoms with Crippen molar-refractivity contribution in [2.24, 2.45) is 0 Å². The summed E-state index contributed by atoms with van der Waals surface area (Å²) in [6, 6.07) is 1.37. The van der Waals surface area contributed by atoms with Crippen LogP contribution in [-0.4, -0.2) is 41.3 Å². The Kier molecular flexibility index (Phi) is 4.07. The molecule has 19 heavy (non-hydrogen) atoms. The molecule has 0 aliphatic carbocycles. The van der Waals surface area contributed by atoms with E-state index in [0.29, 0.717) is 0 Å². The van der Waals surface area contributed by atoms with Crippen molar-refractivity contribution in [1.82, 2.24) is 9.97 Å². The van der Waals surface area contributed by atoms with E-state index in [4.69, 9.17) is 30.5 Å². The maximum atomic E-state index is 11.0. The molecule has 0 spiro atoms. The Morgan fingerprint density at radius 1 is 1.47 bits per heavy atom. The summed E-state index contributed by atoms with van der Waals surface area (Å²) in [5.41, 5.74) is -1.33. The third-order valence-electron chi connectivity index (χ3n) is 2.52. The van der Waals surface area contributed by atoms with Gasteiger partial charge in [0.05, 0.1) is 5.75 Å². The van der Waals surface area contributed by atoms with E-state index in [1.807, 2.05) is 0 Å². The molecule has 0 saturated heterocycles. The molecule has 0 aliphatic heterocycles. The molecule has 1 aromatic rings. The first kappa shape index (κ1) is 13.4. The molecule has 1 aromatic heterocycles. The molecule has 1 rings (SSSR count). The standard InChI is InChI=1S/C10H15Cl2N3O3S/c1-10(2,4-5-19(16,17)18)15(3)8-6-7(11)13-9(12)14-8/h6H,4-5H2,1-3H3,(H,16,17,18)/i4D2. The van der Waals surface area contributed by atoms with Crippen molar-refractivity contribution >= 4 is 39.1 Å². The molecule has 108 valence electrons. The zero-order chi connectivity index (χ0) is 16.6. The highest BCUT2D eigenvalue weighted by Crippen LogP contribution is 2.26. The fraction of sp³-hybridized carbons (Fsp3) is 0.600. The zero-order valence-electron chi connectivity index (χ0n) is 12.6. The molecule has 0 fully saturated rings. The normalized spacial score (nSPS) is 14.8. The van der Waals surface area contributed by atoms with Crippen molar-refractivity contribution in [2.45, 2.75) is 25.8 Å². The van der Waals surface area contributed by atoms with Gasteiger partial charge in [0.15, 0.2) is 0 Å². The molecule has 0 saturated carbocycles. The lowest BCUT2D eigenvalue weighted by Crippen LogP contribution is -2.43. The minimum absolute atomic E-state index is 0.0722. The first-order valence-electron chi connectivity index (χ1n) is 6.15. The lowest BCUT2D eigenvalue weighted by Gasteiger charge is -2.36. The van der Waals surface area contributed by atoms with Gasteiger partial charge in [0.2, 0.25) is 5.28 Å². The Hall–Kier alpha value is -0.630. The number of nitrogens with zero attached hydrogens (tertiary/aromatic N) is 3. The van der Waals surface area contributed by atoms with Gasteiger partial charge in [-0.2, -0.15) is 8.42 Å². The van der Waals surface area contributed by atoms with Crippen LogP contribution in [0.25, 0.3) is 0 Å². The Labute approximate surface area is 125 Å². The first-order valence-corrected chi connectivity index (χ1v) is 7.52. The summed E-state index contributed by atoms with van der Waals surface area (Å²) in [7, 11) is -2.97. The van der Waals surface area contributed by atoms with E-state index in [9.17, 15) is 8.42 Å². The third-order valence-corrected chi connectivity index (χ3v) is 3.40. The minimum Gasteiger partial charge on any atom is -0.354 e. The van der Waals surface area contributed by atoms with E-state index >= 15 is 0 Å². The van der Waals surface area contributed by atoms with Crippen LogP contribution in [0.5, 0.6) is 0 Å². The summed E-state index contributed by atoms with van der Waals surface area (Å²) in [5, 5.41) is -0.0431. The van der Waals surface area contributed by atoms with Crippen molar-refractivity contribution in [3.63, 3.8) is 0 Å². The van der Waals surface area contributed by atoms with Gasteiger partial charge < -0.3 is 4.90 Å². The first-order chi connectivity index (χ1) is 9.26. The van der Waals surface area contributed by atoms with E-state index in [-0.39, 0.29) is 16.3 Å². The van der Waals surface area contributed by atoms with Crippen molar-refractivity contribution in [3.05, 3.63) is 16.5 Å². The molecule has 0 amide bonds. The second-order valence-corrected chi connectivity index (χ2v) is 6.52. The largest absolute Gasteiger partial charge is 0.354 e. The molecule has 0 bridgehead atoms. The molecule has 0 unspecified atom stereocenters. The molecule has 0 atom stereocenters. The molecule has 1 N–H and O–H groups in total. The Morgan fingerprint density at radius 2 is 2.05 bits per heavy atom. The average Bonchev–Trinajstić information content (AvgIpc) is 2.22. The van der Waals surface area contributed by atoms with Crippen LogP contribution in [0.3, 0.4) is 0 Å². The van der Waals surface area contributed by atoms with Gasteiger partial charge in [-0.25, -0.2) is 9.97 Å². The molecular formula is C10H15Cl2N3O3S. The van der Waals surface area contributed by atoms with E-state index < -0.39 is 27.8 Å². The van der Waals surface area contributed by atoms with Crippen molar-refractivity contribution in [1.29, 1.82) is 0 Å². The Bertz CT molecular complexity index is 620. The summed E-state index contributed by atoms with van der Waals surface area (Å²) in [5.74, 6) is -0.826. The maximum absolute atomic E-state index is 11.0. The number of hydrogen-bond donors (Lipinski definition) is 1. The van der Waals surface area contributed by atoms with E-state index in [1.54, 1.807) is 0 Å². The molecular weight excluding hydrogens is 313 g/mol. The van der Waals surface area contributed by atoms with Crippen molar-refractivity contribution in [2.75, 3.05) is 17.7 Å². The molecule has 9 heteroatoms. The monoisotopic (exact) mass is 329 g/mol. The van der Waals surface area contributed by atoms with Crippen LogP contribution < -0.4 is 4.90 Å². The summed E-state index contributed by atoms with van der Waals surface area (Å²) < 4.78 is 46.8. The lowest BCUT2D eigenvalue weighted by molar-refractivity contribution is 0.441. The number of anilines is 1. The van der Waals surface area contributed by atoms with Gasteiger partial charge in [-0.3, -0.25) is 4.55 Å². The second-order valence-electron chi connectivity index (χ2n) is 4.34. The van der Waals surface area contributed by atoms with Gasteiger partial charge in [0.25, 0.3) is 10.1 Å².